The molecule has 41 heavy (non-hydrogen) atoms. The number of thiazole rings is 2. The van der Waals surface area contributed by atoms with Crippen molar-refractivity contribution < 1.29 is 14.4 Å². The van der Waals surface area contributed by atoms with Crippen LogP contribution in [-0.2, 0) is 48.9 Å². The molecule has 2 aliphatic heterocycles. The fourth-order valence-electron chi connectivity index (χ4n) is 5.11. The minimum atomic E-state index is -0.611. The molecule has 2 aromatic heterocycles. The van der Waals surface area contributed by atoms with Crippen LogP contribution in [0.25, 0.3) is 0 Å². The molecule has 1 atom stereocenters. The van der Waals surface area contributed by atoms with Gasteiger partial charge in [0.25, 0.3) is 5.91 Å². The van der Waals surface area contributed by atoms with E-state index < -0.39 is 11.9 Å². The van der Waals surface area contributed by atoms with E-state index in [1.807, 2.05) is 40.3 Å². The lowest BCUT2D eigenvalue weighted by molar-refractivity contribution is -0.136. The largest absolute Gasteiger partial charge is 0.322 e. The van der Waals surface area contributed by atoms with Gasteiger partial charge >= 0.3 is 0 Å². The van der Waals surface area contributed by atoms with Crippen molar-refractivity contribution in [3.8, 4) is 0 Å². The second-order valence-corrected chi connectivity index (χ2v) is 12.9. The van der Waals surface area contributed by atoms with Crippen molar-refractivity contribution in [1.29, 1.82) is 0 Å². The number of halogens is 1. The van der Waals surface area contributed by atoms with E-state index in [2.05, 4.69) is 36.8 Å². The molecule has 1 N–H and O–H groups in total. The molecular weight excluding hydrogens is 582 g/mol. The van der Waals surface area contributed by atoms with Gasteiger partial charge in [0.05, 0.1) is 11.4 Å². The second kappa shape index (κ2) is 13.5. The van der Waals surface area contributed by atoms with Gasteiger partial charge in [-0.3, -0.25) is 24.6 Å². The zero-order chi connectivity index (χ0) is 28.4. The van der Waals surface area contributed by atoms with Crippen LogP contribution in [0, 0.1) is 0 Å². The molecule has 3 aromatic rings. The van der Waals surface area contributed by atoms with Gasteiger partial charge in [-0.25, -0.2) is 9.97 Å². The van der Waals surface area contributed by atoms with Crippen molar-refractivity contribution in [2.24, 2.45) is 0 Å². The number of imide groups is 1. The van der Waals surface area contributed by atoms with Gasteiger partial charge < -0.3 is 14.7 Å². The summed E-state index contributed by atoms with van der Waals surface area (Å²) in [6.07, 6.45) is 0.606. The van der Waals surface area contributed by atoms with Crippen LogP contribution in [0.15, 0.2) is 29.0 Å². The number of piperidine rings is 1. The standard InChI is InChI=1S/C28H35N7O3S2.ClH/c1-32(2)14-25-29-20(16-39-25)12-34(13-21-17-40-26(30-21)15-33(3)4)10-18-5-6-19-11-35(28(38)22(19)9-18)23-7-8-24(36)31-27(23)37;/h5-6,9,16-17,23H,7-8,10-15H2,1-4H3,(H,31,36,37);1H. The SMILES string of the molecule is CN(C)Cc1nc(CN(Cc2ccc3c(c2)C(=O)N(C2CCC(=O)NC2=O)C3)Cc2csc(CN(C)C)n2)cs1.Cl. The number of carbonyl (C=O) groups excluding carboxylic acids is 3. The van der Waals surface area contributed by atoms with Crippen molar-refractivity contribution in [3.63, 3.8) is 0 Å². The molecule has 0 bridgehead atoms. The normalized spacial score (nSPS) is 17.0. The molecule has 13 heteroatoms. The van der Waals surface area contributed by atoms with E-state index in [0.717, 1.165) is 45.6 Å². The van der Waals surface area contributed by atoms with Crippen LogP contribution in [0.1, 0.15) is 55.7 Å². The van der Waals surface area contributed by atoms with Crippen LogP contribution in [-0.4, -0.2) is 81.5 Å². The summed E-state index contributed by atoms with van der Waals surface area (Å²) in [5.41, 5.74) is 4.60. The third-order valence-corrected chi connectivity index (χ3v) is 8.64. The zero-order valence-corrected chi connectivity index (χ0v) is 26.2. The van der Waals surface area contributed by atoms with Gasteiger partial charge in [0.1, 0.15) is 16.1 Å². The lowest BCUT2D eigenvalue weighted by Gasteiger charge is -2.29. The van der Waals surface area contributed by atoms with Gasteiger partial charge in [0.15, 0.2) is 0 Å². The molecule has 1 unspecified atom stereocenters. The van der Waals surface area contributed by atoms with Crippen LogP contribution in [0.5, 0.6) is 0 Å². The van der Waals surface area contributed by atoms with Crippen molar-refractivity contribution in [1.82, 2.24) is 34.9 Å². The Morgan fingerprint density at radius 2 is 1.51 bits per heavy atom. The molecule has 1 aromatic carbocycles. The van der Waals surface area contributed by atoms with Crippen LogP contribution in [0.3, 0.4) is 0 Å². The van der Waals surface area contributed by atoms with Crippen molar-refractivity contribution in [2.75, 3.05) is 28.2 Å². The fraction of sp³-hybridized carbons (Fsp3) is 0.464. The van der Waals surface area contributed by atoms with Crippen molar-refractivity contribution in [3.05, 3.63) is 67.1 Å². The number of aromatic nitrogens is 2. The number of benzene rings is 1. The first-order valence-corrected chi connectivity index (χ1v) is 15.1. The summed E-state index contributed by atoms with van der Waals surface area (Å²) in [5.74, 6) is -0.827. The first-order chi connectivity index (χ1) is 19.1. The molecule has 0 spiro atoms. The number of hydrogen-bond acceptors (Lipinski definition) is 10. The lowest BCUT2D eigenvalue weighted by Crippen LogP contribution is -2.52. The quantitative estimate of drug-likeness (QED) is 0.328. The average molecular weight is 618 g/mol. The van der Waals surface area contributed by atoms with E-state index in [0.29, 0.717) is 38.2 Å². The molecule has 10 nitrogen and oxygen atoms in total. The van der Waals surface area contributed by atoms with Gasteiger partial charge in [-0.2, -0.15) is 0 Å². The molecule has 220 valence electrons. The Balaban J connectivity index is 0.00000387. The Hall–Kier alpha value is -2.74. The average Bonchev–Trinajstić information content (AvgIpc) is 3.58. The molecule has 3 amide bonds. The summed E-state index contributed by atoms with van der Waals surface area (Å²) in [7, 11) is 8.16. The maximum atomic E-state index is 13.3. The van der Waals surface area contributed by atoms with Crippen LogP contribution < -0.4 is 5.32 Å². The lowest BCUT2D eigenvalue weighted by atomic mass is 10.0. The van der Waals surface area contributed by atoms with Crippen molar-refractivity contribution in [2.45, 2.75) is 58.2 Å². The Labute approximate surface area is 254 Å². The van der Waals surface area contributed by atoms with E-state index in [9.17, 15) is 14.4 Å². The summed E-state index contributed by atoms with van der Waals surface area (Å²) in [5, 5.41) is 8.77. The molecule has 5 rings (SSSR count). The van der Waals surface area contributed by atoms with Crippen LogP contribution in [0.4, 0.5) is 0 Å². The summed E-state index contributed by atoms with van der Waals surface area (Å²) >= 11 is 3.34. The third-order valence-electron chi connectivity index (χ3n) is 6.87. The summed E-state index contributed by atoms with van der Waals surface area (Å²) in [4.78, 5) is 55.2. The molecule has 0 radical (unpaired) electrons. The Morgan fingerprint density at radius 3 is 2.07 bits per heavy atom. The summed E-state index contributed by atoms with van der Waals surface area (Å²) in [6.45, 7) is 3.95. The monoisotopic (exact) mass is 617 g/mol. The van der Waals surface area contributed by atoms with E-state index in [1.54, 1.807) is 27.6 Å². The summed E-state index contributed by atoms with van der Waals surface area (Å²) < 4.78 is 0. The number of hydrogen-bond donors (Lipinski definition) is 1. The molecule has 0 aliphatic carbocycles. The predicted molar refractivity (Wildman–Crippen MR) is 162 cm³/mol. The smallest absolute Gasteiger partial charge is 0.255 e. The zero-order valence-electron chi connectivity index (χ0n) is 23.8. The molecular formula is C28H36ClN7O3S2. The van der Waals surface area contributed by atoms with Crippen LogP contribution >= 0.6 is 35.1 Å². The third kappa shape index (κ3) is 7.76. The molecule has 4 heterocycles. The number of rotatable bonds is 11. The second-order valence-electron chi connectivity index (χ2n) is 11.0. The first kappa shape index (κ1) is 31.2. The highest BCUT2D eigenvalue weighted by molar-refractivity contribution is 7.09. The first-order valence-electron chi connectivity index (χ1n) is 13.3. The molecule has 1 fully saturated rings. The molecule has 0 saturated carbocycles. The predicted octanol–water partition coefficient (Wildman–Crippen LogP) is 3.11. The van der Waals surface area contributed by atoms with E-state index in [4.69, 9.17) is 9.97 Å². The maximum Gasteiger partial charge on any atom is 0.255 e. The number of carbonyl (C=O) groups is 3. The Bertz CT molecular complexity index is 1360. The topological polar surface area (TPSA) is 102 Å². The van der Waals surface area contributed by atoms with E-state index >= 15 is 0 Å². The van der Waals surface area contributed by atoms with Gasteiger partial charge in [-0.15, -0.1) is 35.1 Å². The van der Waals surface area contributed by atoms with E-state index in [-0.39, 0.29) is 30.6 Å². The number of nitrogens with zero attached hydrogens (tertiary/aromatic N) is 6. The van der Waals surface area contributed by atoms with Gasteiger partial charge in [0.2, 0.25) is 11.8 Å². The maximum absolute atomic E-state index is 13.3. The van der Waals surface area contributed by atoms with Gasteiger partial charge in [0, 0.05) is 62.0 Å². The van der Waals surface area contributed by atoms with Gasteiger partial charge in [-0.05, 0) is 51.8 Å². The highest BCUT2D eigenvalue weighted by atomic mass is 35.5. The minimum Gasteiger partial charge on any atom is -0.322 e. The van der Waals surface area contributed by atoms with Crippen molar-refractivity contribution >= 4 is 52.8 Å². The molecule has 2 aliphatic rings. The number of nitrogens with one attached hydrogen (secondary N) is 1. The number of fused-ring (bicyclic) bond motifs is 1. The fourth-order valence-corrected chi connectivity index (χ4v) is 6.92. The number of amides is 3. The van der Waals surface area contributed by atoms with Crippen LogP contribution in [0.2, 0.25) is 0 Å². The Morgan fingerprint density at radius 1 is 0.902 bits per heavy atom. The summed E-state index contributed by atoms with van der Waals surface area (Å²) in [6, 6.07) is 5.39. The van der Waals surface area contributed by atoms with E-state index in [1.165, 1.54) is 0 Å². The minimum absolute atomic E-state index is 0. The highest BCUT2D eigenvalue weighted by Gasteiger charge is 2.39. The Kier molecular flexibility index (Phi) is 10.3. The highest BCUT2D eigenvalue weighted by Crippen LogP contribution is 2.29. The van der Waals surface area contributed by atoms with Gasteiger partial charge in [-0.1, -0.05) is 12.1 Å². The molecule has 1 saturated heterocycles.